The van der Waals surface area contributed by atoms with E-state index in [4.69, 9.17) is 0 Å². The zero-order valence-electron chi connectivity index (χ0n) is 16.0. The molecule has 1 fully saturated rings. The van der Waals surface area contributed by atoms with E-state index in [0.29, 0.717) is 0 Å². The van der Waals surface area contributed by atoms with Gasteiger partial charge in [-0.05, 0) is 6.92 Å². The summed E-state index contributed by atoms with van der Waals surface area (Å²) in [5, 5.41) is -4.42. The number of rotatable bonds is 11. The van der Waals surface area contributed by atoms with E-state index in [1.54, 1.807) is 0 Å². The maximum Gasteiger partial charge on any atom is 0.433 e. The molecular formula is C15H18F4N2O9S. The first-order valence-corrected chi connectivity index (χ1v) is 9.82. The van der Waals surface area contributed by atoms with Crippen LogP contribution in [0, 0.1) is 0 Å². The number of hydrogen-bond acceptors (Lipinski definition) is 9. The zero-order chi connectivity index (χ0) is 24.0. The Balaban J connectivity index is 2.56. The molecule has 1 saturated heterocycles. The van der Waals surface area contributed by atoms with Crippen molar-refractivity contribution in [2.75, 3.05) is 19.8 Å². The highest BCUT2D eigenvalue weighted by Crippen LogP contribution is 2.42. The van der Waals surface area contributed by atoms with Crippen molar-refractivity contribution < 1.29 is 58.9 Å². The fourth-order valence-corrected chi connectivity index (χ4v) is 2.78. The molecule has 0 aromatic carbocycles. The molecule has 3 amide bonds. The van der Waals surface area contributed by atoms with Gasteiger partial charge in [-0.2, -0.15) is 26.0 Å². The molecule has 0 atom stereocenters. The molecule has 0 saturated carbocycles. The predicted molar refractivity (Wildman–Crippen MR) is 90.7 cm³/mol. The molecule has 0 unspecified atom stereocenters. The van der Waals surface area contributed by atoms with Crippen molar-refractivity contribution >= 4 is 34.0 Å². The second-order valence-electron chi connectivity index (χ2n) is 6.06. The lowest BCUT2D eigenvalue weighted by molar-refractivity contribution is -0.183. The number of hydroxylamine groups is 2. The number of alkyl carbamates (subject to hydrolysis) is 1. The second-order valence-corrected chi connectivity index (χ2v) is 7.63. The number of alkyl halides is 4. The second kappa shape index (κ2) is 10.0. The van der Waals surface area contributed by atoms with E-state index in [0.717, 1.165) is 0 Å². The van der Waals surface area contributed by atoms with E-state index in [-0.39, 0.29) is 18.7 Å². The van der Waals surface area contributed by atoms with E-state index in [9.17, 15) is 45.2 Å². The van der Waals surface area contributed by atoms with Gasteiger partial charge in [0.05, 0.1) is 19.6 Å². The van der Waals surface area contributed by atoms with E-state index < -0.39 is 76.1 Å². The number of imide groups is 1. The van der Waals surface area contributed by atoms with Gasteiger partial charge in [0.2, 0.25) is 0 Å². The number of hydrogen-bond donors (Lipinski definition) is 1. The molecule has 0 bridgehead atoms. The van der Waals surface area contributed by atoms with Crippen LogP contribution in [0.3, 0.4) is 0 Å². The average molecular weight is 478 g/mol. The van der Waals surface area contributed by atoms with Crippen LogP contribution >= 0.6 is 0 Å². The molecule has 176 valence electrons. The lowest BCUT2D eigenvalue weighted by atomic mass is 10.2. The monoisotopic (exact) mass is 478 g/mol. The van der Waals surface area contributed by atoms with E-state index in [1.807, 2.05) is 5.32 Å². The summed E-state index contributed by atoms with van der Waals surface area (Å²) in [5.74, 6) is -8.63. The van der Waals surface area contributed by atoms with Gasteiger partial charge in [0.15, 0.2) is 0 Å². The third-order valence-corrected chi connectivity index (χ3v) is 4.79. The van der Waals surface area contributed by atoms with Crippen molar-refractivity contribution in [1.29, 1.82) is 0 Å². The van der Waals surface area contributed by atoms with Crippen LogP contribution in [-0.2, 0) is 38.3 Å². The molecule has 0 aliphatic carbocycles. The molecule has 1 rings (SSSR count). The van der Waals surface area contributed by atoms with Crippen LogP contribution in [0.15, 0.2) is 12.2 Å². The van der Waals surface area contributed by atoms with Crippen LogP contribution in [0.5, 0.6) is 0 Å². The Labute approximate surface area is 173 Å². The topological polar surface area (TPSA) is 145 Å². The molecule has 1 heterocycles. The summed E-state index contributed by atoms with van der Waals surface area (Å²) < 4.78 is 90.9. The fourth-order valence-electron chi connectivity index (χ4n) is 1.86. The van der Waals surface area contributed by atoms with Crippen LogP contribution < -0.4 is 5.32 Å². The minimum absolute atomic E-state index is 0.0862. The third-order valence-electron chi connectivity index (χ3n) is 3.52. The number of halogens is 4. The number of esters is 1. The molecule has 0 spiro atoms. The van der Waals surface area contributed by atoms with Gasteiger partial charge in [-0.3, -0.25) is 9.59 Å². The van der Waals surface area contributed by atoms with Crippen molar-refractivity contribution in [3.8, 4) is 0 Å². The highest BCUT2D eigenvalue weighted by atomic mass is 32.2. The van der Waals surface area contributed by atoms with Crippen LogP contribution in [0.25, 0.3) is 0 Å². The van der Waals surface area contributed by atoms with Crippen molar-refractivity contribution in [2.24, 2.45) is 0 Å². The van der Waals surface area contributed by atoms with Gasteiger partial charge in [0.25, 0.3) is 11.8 Å². The van der Waals surface area contributed by atoms with E-state index in [2.05, 4.69) is 20.3 Å². The van der Waals surface area contributed by atoms with Crippen LogP contribution in [0.4, 0.5) is 22.4 Å². The smallest absolute Gasteiger partial charge is 0.433 e. The zero-order valence-corrected chi connectivity index (χ0v) is 16.8. The predicted octanol–water partition coefficient (Wildman–Crippen LogP) is 0.860. The standard InChI is InChI=1S/C15H18F4N2O9S/c1-9(2)12(24)28-8-6-20-13(25)29-7-5-14(16,17)15(18,19)31(26,27)30-21-10(22)3-4-11(21)23/h1,3-8H2,2H3,(H,20,25). The number of carbonyl (C=O) groups excluding carboxylic acids is 4. The lowest BCUT2D eigenvalue weighted by Gasteiger charge is -2.26. The fraction of sp³-hybridized carbons (Fsp3) is 0.600. The van der Waals surface area contributed by atoms with Crippen molar-refractivity contribution in [3.05, 3.63) is 12.2 Å². The lowest BCUT2D eigenvalue weighted by Crippen LogP contribution is -2.50. The molecule has 0 aromatic heterocycles. The van der Waals surface area contributed by atoms with Gasteiger partial charge in [0, 0.05) is 18.4 Å². The molecule has 31 heavy (non-hydrogen) atoms. The van der Waals surface area contributed by atoms with Gasteiger partial charge in [-0.15, -0.1) is 9.35 Å². The Hall–Kier alpha value is -2.75. The highest BCUT2D eigenvalue weighted by Gasteiger charge is 2.67. The summed E-state index contributed by atoms with van der Waals surface area (Å²) in [7, 11) is -6.46. The van der Waals surface area contributed by atoms with Crippen LogP contribution in [-0.4, -0.2) is 68.3 Å². The van der Waals surface area contributed by atoms with Crippen molar-refractivity contribution in [2.45, 2.75) is 37.4 Å². The first-order valence-electron chi connectivity index (χ1n) is 8.41. The quantitative estimate of drug-likeness (QED) is 0.150. The summed E-state index contributed by atoms with van der Waals surface area (Å²) in [6, 6.07) is 0. The SMILES string of the molecule is C=C(C)C(=O)OCCNC(=O)OCCC(F)(F)C(F)(F)S(=O)(=O)ON1C(=O)CCC1=O. The van der Waals surface area contributed by atoms with Gasteiger partial charge in [0.1, 0.15) is 6.61 Å². The minimum Gasteiger partial charge on any atom is -0.460 e. The summed E-state index contributed by atoms with van der Waals surface area (Å²) in [4.78, 5) is 44.9. The maximum absolute atomic E-state index is 13.9. The van der Waals surface area contributed by atoms with Gasteiger partial charge in [-0.25, -0.2) is 9.59 Å². The Kier molecular flexibility index (Phi) is 8.51. The van der Waals surface area contributed by atoms with Crippen molar-refractivity contribution in [3.63, 3.8) is 0 Å². The summed E-state index contributed by atoms with van der Waals surface area (Å²) in [5.41, 5.74) is 0.0862. The Morgan fingerprint density at radius 1 is 1.10 bits per heavy atom. The number of ether oxygens (including phenoxy) is 2. The molecule has 1 aliphatic heterocycles. The molecule has 1 aliphatic rings. The molecule has 0 radical (unpaired) electrons. The number of nitrogens with zero attached hydrogens (tertiary/aromatic N) is 1. The Bertz CT molecular complexity index is 845. The minimum atomic E-state index is -6.46. The van der Waals surface area contributed by atoms with Crippen LogP contribution in [0.1, 0.15) is 26.2 Å². The van der Waals surface area contributed by atoms with Crippen LogP contribution in [0.2, 0.25) is 0 Å². The maximum atomic E-state index is 13.9. The summed E-state index contributed by atoms with van der Waals surface area (Å²) in [6.45, 7) is 2.71. The van der Waals surface area contributed by atoms with Gasteiger partial charge in [-0.1, -0.05) is 6.58 Å². The first-order chi connectivity index (χ1) is 14.1. The summed E-state index contributed by atoms with van der Waals surface area (Å²) >= 11 is 0. The number of nitrogens with one attached hydrogen (secondary N) is 1. The third kappa shape index (κ3) is 6.61. The van der Waals surface area contributed by atoms with Crippen molar-refractivity contribution in [1.82, 2.24) is 10.4 Å². The molecule has 0 aromatic rings. The molecular weight excluding hydrogens is 460 g/mol. The van der Waals surface area contributed by atoms with Gasteiger partial charge >= 0.3 is 33.4 Å². The Morgan fingerprint density at radius 3 is 2.16 bits per heavy atom. The average Bonchev–Trinajstić information content (AvgIpc) is 2.96. The summed E-state index contributed by atoms with van der Waals surface area (Å²) in [6.07, 6.45) is -4.35. The largest absolute Gasteiger partial charge is 0.460 e. The Morgan fingerprint density at radius 2 is 1.65 bits per heavy atom. The van der Waals surface area contributed by atoms with E-state index >= 15 is 0 Å². The highest BCUT2D eigenvalue weighted by molar-refractivity contribution is 7.87. The number of carbonyl (C=O) groups is 4. The van der Waals surface area contributed by atoms with Gasteiger partial charge < -0.3 is 14.8 Å². The van der Waals surface area contributed by atoms with E-state index in [1.165, 1.54) is 6.92 Å². The molecule has 1 N–H and O–H groups in total. The molecule has 16 heteroatoms. The number of amides is 3. The normalized spacial score (nSPS) is 15.1. The first kappa shape index (κ1) is 26.3. The molecule has 11 nitrogen and oxygen atoms in total.